The van der Waals surface area contributed by atoms with Gasteiger partial charge in [0.25, 0.3) is 11.6 Å². The summed E-state index contributed by atoms with van der Waals surface area (Å²) in [7, 11) is 0. The molecule has 1 saturated heterocycles. The van der Waals surface area contributed by atoms with E-state index in [1.54, 1.807) is 34.1 Å². The van der Waals surface area contributed by atoms with Crippen molar-refractivity contribution in [2.24, 2.45) is 5.92 Å². The minimum absolute atomic E-state index is 0.0118. The molecule has 8 heteroatoms. The highest BCUT2D eigenvalue weighted by atomic mass is 79.9. The van der Waals surface area contributed by atoms with Gasteiger partial charge < -0.3 is 9.80 Å². The van der Waals surface area contributed by atoms with Gasteiger partial charge in [0.15, 0.2) is 0 Å². The van der Waals surface area contributed by atoms with E-state index in [9.17, 15) is 19.7 Å². The van der Waals surface area contributed by atoms with Crippen LogP contribution in [0.5, 0.6) is 0 Å². The summed E-state index contributed by atoms with van der Waals surface area (Å²) in [6.45, 7) is 1.64. The lowest BCUT2D eigenvalue weighted by molar-refractivity contribution is -0.384. The third-order valence-electron chi connectivity index (χ3n) is 5.66. The lowest BCUT2D eigenvalue weighted by atomic mass is 9.94. The summed E-state index contributed by atoms with van der Waals surface area (Å²) in [5, 5.41) is 11.0. The van der Waals surface area contributed by atoms with Crippen molar-refractivity contribution < 1.29 is 14.5 Å². The summed E-state index contributed by atoms with van der Waals surface area (Å²) in [4.78, 5) is 39.8. The number of nitro benzene ring substituents is 1. The molecule has 0 spiro atoms. The molecule has 2 aliphatic rings. The second-order valence-electron chi connectivity index (χ2n) is 7.38. The Bertz CT molecular complexity index is 968. The number of non-ortho nitro benzene ring substituents is 1. The molecule has 0 saturated carbocycles. The van der Waals surface area contributed by atoms with E-state index in [-0.39, 0.29) is 23.4 Å². The molecular weight excluding hydrogens is 438 g/mol. The molecule has 7 nitrogen and oxygen atoms in total. The van der Waals surface area contributed by atoms with Crippen molar-refractivity contribution in [3.63, 3.8) is 0 Å². The lowest BCUT2D eigenvalue weighted by Crippen LogP contribution is -2.44. The first-order valence-corrected chi connectivity index (χ1v) is 10.4. The fraction of sp³-hybridized carbons (Fsp3) is 0.333. The number of anilines is 1. The zero-order valence-corrected chi connectivity index (χ0v) is 17.3. The number of hydrogen-bond acceptors (Lipinski definition) is 4. The van der Waals surface area contributed by atoms with Gasteiger partial charge in [0.2, 0.25) is 5.91 Å². The highest BCUT2D eigenvalue weighted by Crippen LogP contribution is 2.33. The number of amides is 2. The second-order valence-corrected chi connectivity index (χ2v) is 8.30. The van der Waals surface area contributed by atoms with Crippen LogP contribution in [0.25, 0.3) is 0 Å². The molecule has 2 heterocycles. The summed E-state index contributed by atoms with van der Waals surface area (Å²) >= 11 is 3.37. The quantitative estimate of drug-likeness (QED) is 0.518. The highest BCUT2D eigenvalue weighted by molar-refractivity contribution is 9.10. The number of rotatable bonds is 3. The van der Waals surface area contributed by atoms with Gasteiger partial charge in [0.1, 0.15) is 0 Å². The fourth-order valence-electron chi connectivity index (χ4n) is 4.06. The van der Waals surface area contributed by atoms with Crippen molar-refractivity contribution >= 4 is 39.1 Å². The molecule has 4 rings (SSSR count). The maximum absolute atomic E-state index is 13.0. The van der Waals surface area contributed by atoms with Crippen molar-refractivity contribution in [1.29, 1.82) is 0 Å². The number of piperidine rings is 1. The van der Waals surface area contributed by atoms with Crippen molar-refractivity contribution in [3.05, 3.63) is 68.2 Å². The largest absolute Gasteiger partial charge is 0.339 e. The van der Waals surface area contributed by atoms with Gasteiger partial charge in [-0.05, 0) is 55.2 Å². The molecule has 0 atom stereocenters. The summed E-state index contributed by atoms with van der Waals surface area (Å²) in [5.41, 5.74) is 2.32. The van der Waals surface area contributed by atoms with Gasteiger partial charge in [-0.1, -0.05) is 15.9 Å². The van der Waals surface area contributed by atoms with Crippen LogP contribution in [0.3, 0.4) is 0 Å². The molecule has 0 aromatic heterocycles. The van der Waals surface area contributed by atoms with Crippen LogP contribution in [0, 0.1) is 16.0 Å². The molecule has 0 radical (unpaired) electrons. The number of nitrogens with zero attached hydrogens (tertiary/aromatic N) is 3. The lowest BCUT2D eigenvalue weighted by Gasteiger charge is -2.33. The molecule has 150 valence electrons. The van der Waals surface area contributed by atoms with Crippen LogP contribution in [0.1, 0.15) is 28.8 Å². The van der Waals surface area contributed by atoms with E-state index in [1.165, 1.54) is 6.07 Å². The number of halogens is 1. The van der Waals surface area contributed by atoms with Gasteiger partial charge in [0.05, 0.1) is 4.92 Å². The number of carbonyl (C=O) groups excluding carboxylic acids is 2. The Kier molecular flexibility index (Phi) is 5.36. The minimum atomic E-state index is -0.414. The van der Waals surface area contributed by atoms with E-state index in [4.69, 9.17) is 0 Å². The number of hydrogen-bond donors (Lipinski definition) is 0. The summed E-state index contributed by atoms with van der Waals surface area (Å²) in [6.07, 6.45) is 1.88. The molecule has 2 aromatic carbocycles. The number of fused-ring (bicyclic) bond motifs is 1. The van der Waals surface area contributed by atoms with E-state index < -0.39 is 4.92 Å². The van der Waals surface area contributed by atoms with Gasteiger partial charge in [-0.3, -0.25) is 19.7 Å². The van der Waals surface area contributed by atoms with E-state index in [0.29, 0.717) is 44.5 Å². The average molecular weight is 458 g/mol. The third kappa shape index (κ3) is 3.89. The number of nitro groups is 1. The molecule has 2 aliphatic heterocycles. The van der Waals surface area contributed by atoms with Gasteiger partial charge in [-0.25, -0.2) is 0 Å². The Morgan fingerprint density at radius 3 is 2.38 bits per heavy atom. The predicted molar refractivity (Wildman–Crippen MR) is 112 cm³/mol. The molecule has 2 amide bonds. The molecular formula is C21H20BrN3O4. The first-order chi connectivity index (χ1) is 13.9. The fourth-order valence-corrected chi connectivity index (χ4v) is 4.32. The number of likely N-dealkylation sites (tertiary alicyclic amines) is 1. The minimum Gasteiger partial charge on any atom is -0.339 e. The Labute approximate surface area is 176 Å². The first kappa shape index (κ1) is 19.6. The number of benzene rings is 2. The Balaban J connectivity index is 1.40. The van der Waals surface area contributed by atoms with Gasteiger partial charge in [-0.2, -0.15) is 0 Å². The first-order valence-electron chi connectivity index (χ1n) is 9.57. The zero-order chi connectivity index (χ0) is 20.5. The molecule has 29 heavy (non-hydrogen) atoms. The zero-order valence-electron chi connectivity index (χ0n) is 15.7. The summed E-state index contributed by atoms with van der Waals surface area (Å²) in [5.74, 6) is -0.0966. The topological polar surface area (TPSA) is 83.8 Å². The summed E-state index contributed by atoms with van der Waals surface area (Å²) in [6, 6.07) is 12.0. The van der Waals surface area contributed by atoms with E-state index in [2.05, 4.69) is 15.9 Å². The molecule has 2 aromatic rings. The maximum atomic E-state index is 13.0. The molecule has 0 aliphatic carbocycles. The van der Waals surface area contributed by atoms with E-state index >= 15 is 0 Å². The van der Waals surface area contributed by atoms with Crippen molar-refractivity contribution in [2.45, 2.75) is 19.3 Å². The smallest absolute Gasteiger partial charge is 0.269 e. The molecule has 0 bridgehead atoms. The van der Waals surface area contributed by atoms with Crippen molar-refractivity contribution in [3.8, 4) is 0 Å². The monoisotopic (exact) mass is 457 g/mol. The van der Waals surface area contributed by atoms with Crippen LogP contribution in [0.4, 0.5) is 11.4 Å². The second kappa shape index (κ2) is 7.94. The van der Waals surface area contributed by atoms with Crippen LogP contribution in [-0.2, 0) is 11.2 Å². The Morgan fingerprint density at radius 1 is 1.03 bits per heavy atom. The molecule has 1 fully saturated rings. The third-order valence-corrected chi connectivity index (χ3v) is 6.19. The van der Waals surface area contributed by atoms with Crippen LogP contribution >= 0.6 is 15.9 Å². The van der Waals surface area contributed by atoms with Crippen molar-refractivity contribution in [1.82, 2.24) is 4.90 Å². The maximum Gasteiger partial charge on any atom is 0.269 e. The van der Waals surface area contributed by atoms with Crippen LogP contribution in [-0.4, -0.2) is 41.3 Å². The number of carbonyl (C=O) groups is 2. The normalized spacial score (nSPS) is 16.6. The van der Waals surface area contributed by atoms with Crippen molar-refractivity contribution in [2.75, 3.05) is 24.5 Å². The Morgan fingerprint density at radius 2 is 1.72 bits per heavy atom. The molecule has 0 unspecified atom stereocenters. The SMILES string of the molecule is O=C(c1ccc(Br)cc1)N1CCC(C(=O)N2CCc3cc([N+](=O)[O-])ccc32)CC1. The summed E-state index contributed by atoms with van der Waals surface area (Å²) < 4.78 is 0.926. The highest BCUT2D eigenvalue weighted by Gasteiger charge is 2.34. The van der Waals surface area contributed by atoms with E-state index in [0.717, 1.165) is 15.7 Å². The Hall–Kier alpha value is -2.74. The van der Waals surface area contributed by atoms with Gasteiger partial charge in [0, 0.05) is 53.4 Å². The average Bonchev–Trinajstić information content (AvgIpc) is 3.16. The van der Waals surface area contributed by atoms with Crippen LogP contribution < -0.4 is 4.90 Å². The van der Waals surface area contributed by atoms with Crippen LogP contribution in [0.2, 0.25) is 0 Å². The standard InChI is InChI=1S/C21H20BrN3O4/c22-17-3-1-14(2-4-17)20(26)23-10-7-15(8-11-23)21(27)24-12-9-16-13-18(25(28)29)5-6-19(16)24/h1-6,13,15H,7-12H2. The van der Waals surface area contributed by atoms with Gasteiger partial charge >= 0.3 is 0 Å². The predicted octanol–water partition coefficient (Wildman–Crippen LogP) is 3.80. The molecule has 0 N–H and O–H groups in total. The van der Waals surface area contributed by atoms with Gasteiger partial charge in [-0.15, -0.1) is 0 Å². The van der Waals surface area contributed by atoms with Crippen LogP contribution in [0.15, 0.2) is 46.9 Å². The van der Waals surface area contributed by atoms with E-state index in [1.807, 2.05) is 12.1 Å².